The van der Waals surface area contributed by atoms with Crippen LogP contribution in [0.1, 0.15) is 0 Å². The highest BCUT2D eigenvalue weighted by Crippen LogP contribution is 1.86. The molecule has 3 amide bonds. The maximum Gasteiger partial charge on any atom is 0.318 e. The third kappa shape index (κ3) is 6.87. The van der Waals surface area contributed by atoms with Gasteiger partial charge < -0.3 is 11.1 Å². The summed E-state index contributed by atoms with van der Waals surface area (Å²) in [7, 11) is 0. The Morgan fingerprint density at radius 2 is 2.00 bits per heavy atom. The fraction of sp³-hybridized carbons (Fsp3) is 0.600. The molecule has 0 radical (unpaired) electrons. The average molecular weight is 181 g/mol. The molecule has 0 saturated carbocycles. The van der Waals surface area contributed by atoms with Crippen LogP contribution in [0.3, 0.4) is 0 Å². The van der Waals surface area contributed by atoms with E-state index >= 15 is 0 Å². The molecule has 12 heavy (non-hydrogen) atoms. The van der Waals surface area contributed by atoms with Crippen molar-refractivity contribution in [2.75, 3.05) is 13.1 Å². The molecule has 0 unspecified atom stereocenters. The summed E-state index contributed by atoms with van der Waals surface area (Å²) in [6, 6.07) is -1.00. The van der Waals surface area contributed by atoms with Gasteiger partial charge in [-0.15, -0.1) is 0 Å². The number of rotatable bonds is 4. The summed E-state index contributed by atoms with van der Waals surface area (Å²) >= 11 is 0. The van der Waals surface area contributed by atoms with Gasteiger partial charge in [-0.05, 0) is 0 Å². The van der Waals surface area contributed by atoms with Gasteiger partial charge in [0, 0.05) is 0 Å². The van der Waals surface area contributed by atoms with Crippen LogP contribution in [0.5, 0.6) is 0 Å². The van der Waals surface area contributed by atoms with Gasteiger partial charge >= 0.3 is 6.03 Å². The number of nitrogens with one attached hydrogen (secondary N) is 2. The molecule has 0 bridgehead atoms. The summed E-state index contributed by atoms with van der Waals surface area (Å²) in [5.41, 5.74) is 4.58. The average Bonchev–Trinajstić information content (AvgIpc) is 1.84. The number of carbonyl (C=O) groups is 2. The Morgan fingerprint density at radius 1 is 1.42 bits per heavy atom. The van der Waals surface area contributed by atoms with Gasteiger partial charge in [0.15, 0.2) is 0 Å². The fourth-order valence-electron chi connectivity index (χ4n) is 0.476. The van der Waals surface area contributed by atoms with Crippen LogP contribution < -0.4 is 16.4 Å². The number of amides is 3. The summed E-state index contributed by atoms with van der Waals surface area (Å²) in [5, 5.41) is 3.83. The lowest BCUT2D eigenvalue weighted by Crippen LogP contribution is -2.41. The van der Waals surface area contributed by atoms with Crippen LogP contribution in [0.25, 0.3) is 0 Å². The first kappa shape index (κ1) is 10.8. The maximum atomic E-state index is 11.5. The lowest BCUT2D eigenvalue weighted by Gasteiger charge is -2.02. The standard InChI is InChI=1S/C5H9F2N3O2/c6-3(7)1-9-2-4(11)10-5(8)12/h3,9H,1-2H2,(H3,8,10,11,12). The van der Waals surface area contributed by atoms with Gasteiger partial charge in [-0.3, -0.25) is 10.1 Å². The van der Waals surface area contributed by atoms with Gasteiger partial charge in [-0.2, -0.15) is 0 Å². The van der Waals surface area contributed by atoms with Gasteiger partial charge in [-0.25, -0.2) is 13.6 Å². The molecular formula is C5H9F2N3O2. The van der Waals surface area contributed by atoms with Crippen LogP contribution in [0.15, 0.2) is 0 Å². The van der Waals surface area contributed by atoms with Crippen LogP contribution in [-0.2, 0) is 4.79 Å². The van der Waals surface area contributed by atoms with Crippen LogP contribution in [0.2, 0.25) is 0 Å². The number of imide groups is 1. The number of primary amides is 1. The van der Waals surface area contributed by atoms with Gasteiger partial charge in [0.05, 0.1) is 13.1 Å². The largest absolute Gasteiger partial charge is 0.351 e. The Labute approximate surface area is 67.3 Å². The molecule has 0 aromatic carbocycles. The van der Waals surface area contributed by atoms with E-state index in [2.05, 4.69) is 11.1 Å². The summed E-state index contributed by atoms with van der Waals surface area (Å²) in [6.07, 6.45) is -2.52. The lowest BCUT2D eigenvalue weighted by atomic mass is 10.5. The minimum atomic E-state index is -2.52. The molecule has 5 nitrogen and oxygen atoms in total. The second-order valence-electron chi connectivity index (χ2n) is 1.93. The Morgan fingerprint density at radius 3 is 2.42 bits per heavy atom. The number of urea groups is 1. The normalized spacial score (nSPS) is 9.92. The smallest absolute Gasteiger partial charge is 0.318 e. The van der Waals surface area contributed by atoms with Crippen molar-refractivity contribution in [3.8, 4) is 0 Å². The van der Waals surface area contributed by atoms with Crippen molar-refractivity contribution >= 4 is 11.9 Å². The summed E-state index contributed by atoms with van der Waals surface area (Å²) in [4.78, 5) is 20.5. The molecule has 0 aromatic rings. The van der Waals surface area contributed by atoms with Gasteiger partial charge in [-0.1, -0.05) is 0 Å². The summed E-state index contributed by atoms with van der Waals surface area (Å²) in [5.74, 6) is -0.733. The molecule has 0 spiro atoms. The van der Waals surface area contributed by atoms with Crippen LogP contribution >= 0.6 is 0 Å². The Balaban J connectivity index is 3.38. The first-order chi connectivity index (χ1) is 5.52. The van der Waals surface area contributed by atoms with E-state index in [-0.39, 0.29) is 6.54 Å². The van der Waals surface area contributed by atoms with E-state index in [0.717, 1.165) is 0 Å². The van der Waals surface area contributed by atoms with Crippen LogP contribution in [0.4, 0.5) is 13.6 Å². The predicted octanol–water partition coefficient (Wildman–Crippen LogP) is -0.964. The Kier molecular flexibility index (Phi) is 4.86. The van der Waals surface area contributed by atoms with Gasteiger partial charge in [0.2, 0.25) is 5.91 Å². The number of carbonyl (C=O) groups excluding carboxylic acids is 2. The van der Waals surface area contributed by atoms with E-state index in [4.69, 9.17) is 0 Å². The van der Waals surface area contributed by atoms with Crippen molar-refractivity contribution in [3.05, 3.63) is 0 Å². The third-order valence-electron chi connectivity index (χ3n) is 0.847. The molecule has 4 N–H and O–H groups in total. The van der Waals surface area contributed by atoms with Gasteiger partial charge in [0.25, 0.3) is 6.43 Å². The monoisotopic (exact) mass is 181 g/mol. The second-order valence-corrected chi connectivity index (χ2v) is 1.93. The zero-order valence-electron chi connectivity index (χ0n) is 6.14. The zero-order chi connectivity index (χ0) is 9.56. The highest BCUT2D eigenvalue weighted by atomic mass is 19.3. The van der Waals surface area contributed by atoms with E-state index < -0.39 is 24.9 Å². The highest BCUT2D eigenvalue weighted by molar-refractivity contribution is 5.94. The SMILES string of the molecule is NC(=O)NC(=O)CNCC(F)F. The molecule has 0 heterocycles. The van der Waals surface area contributed by atoms with E-state index in [1.54, 1.807) is 5.32 Å². The summed E-state index contributed by atoms with van der Waals surface area (Å²) < 4.78 is 22.9. The Bertz CT molecular complexity index is 174. The number of nitrogens with two attached hydrogens (primary N) is 1. The van der Waals surface area contributed by atoms with Crippen molar-refractivity contribution in [1.29, 1.82) is 0 Å². The van der Waals surface area contributed by atoms with Crippen molar-refractivity contribution < 1.29 is 18.4 Å². The number of hydrogen-bond donors (Lipinski definition) is 3. The molecular weight excluding hydrogens is 172 g/mol. The second kappa shape index (κ2) is 5.42. The molecule has 0 atom stereocenters. The molecule has 0 saturated heterocycles. The molecule has 0 fully saturated rings. The van der Waals surface area contributed by atoms with E-state index in [1.807, 2.05) is 0 Å². The van der Waals surface area contributed by atoms with Crippen LogP contribution in [0, 0.1) is 0 Å². The number of halogens is 2. The van der Waals surface area contributed by atoms with Crippen molar-refractivity contribution in [3.63, 3.8) is 0 Å². The van der Waals surface area contributed by atoms with E-state index in [1.165, 1.54) is 0 Å². The first-order valence-corrected chi connectivity index (χ1v) is 3.10. The minimum absolute atomic E-state index is 0.354. The van der Waals surface area contributed by atoms with Gasteiger partial charge in [0.1, 0.15) is 0 Å². The highest BCUT2D eigenvalue weighted by Gasteiger charge is 2.05. The molecule has 0 aliphatic rings. The van der Waals surface area contributed by atoms with Crippen molar-refractivity contribution in [2.24, 2.45) is 5.73 Å². The molecule has 7 heteroatoms. The van der Waals surface area contributed by atoms with E-state index in [0.29, 0.717) is 0 Å². The molecule has 70 valence electrons. The third-order valence-corrected chi connectivity index (χ3v) is 0.847. The molecule has 0 rings (SSSR count). The van der Waals surface area contributed by atoms with E-state index in [9.17, 15) is 18.4 Å². The molecule has 0 aromatic heterocycles. The maximum absolute atomic E-state index is 11.5. The number of alkyl halides is 2. The van der Waals surface area contributed by atoms with Crippen LogP contribution in [-0.4, -0.2) is 31.5 Å². The predicted molar refractivity (Wildman–Crippen MR) is 36.6 cm³/mol. The lowest BCUT2D eigenvalue weighted by molar-refractivity contribution is -0.119. The minimum Gasteiger partial charge on any atom is -0.351 e. The zero-order valence-corrected chi connectivity index (χ0v) is 6.14. The number of hydrogen-bond acceptors (Lipinski definition) is 3. The quantitative estimate of drug-likeness (QED) is 0.522. The van der Waals surface area contributed by atoms with Crippen molar-refractivity contribution in [1.82, 2.24) is 10.6 Å². The summed E-state index contributed by atoms with van der Waals surface area (Å²) in [6.45, 7) is -0.945. The topological polar surface area (TPSA) is 84.2 Å². The van der Waals surface area contributed by atoms with Crippen molar-refractivity contribution in [2.45, 2.75) is 6.43 Å². The fourth-order valence-corrected chi connectivity index (χ4v) is 0.476. The molecule has 0 aliphatic carbocycles. The Hall–Kier alpha value is -1.24. The first-order valence-electron chi connectivity index (χ1n) is 3.10. The molecule has 0 aliphatic heterocycles.